The Morgan fingerprint density at radius 3 is 2.24 bits per heavy atom. The molecule has 0 aliphatic carbocycles. The van der Waals surface area contributed by atoms with Gasteiger partial charge in [-0.1, -0.05) is 24.3 Å². The van der Waals surface area contributed by atoms with Gasteiger partial charge in [-0.25, -0.2) is 0 Å². The normalized spacial score (nSPS) is 9.96. The first-order valence-corrected chi connectivity index (χ1v) is 8.00. The Hall–Kier alpha value is -3.15. The Morgan fingerprint density at radius 1 is 0.880 bits per heavy atom. The van der Waals surface area contributed by atoms with Gasteiger partial charge in [-0.15, -0.1) is 0 Å². The standard InChI is InChI=1S/C19H20N2O4/c1-2-25-18(23)12-11-17(22)20-15-9-6-10-16(13-15)21-19(24)14-7-4-3-5-8-14/h3-10,13H,2,11-12H2,1H3,(H,20,22)(H,21,24). The molecule has 0 bridgehead atoms. The smallest absolute Gasteiger partial charge is 0.306 e. The van der Waals surface area contributed by atoms with Crippen molar-refractivity contribution in [1.29, 1.82) is 0 Å². The summed E-state index contributed by atoms with van der Waals surface area (Å²) in [5.41, 5.74) is 1.66. The number of rotatable bonds is 7. The summed E-state index contributed by atoms with van der Waals surface area (Å²) in [5.74, 6) is -0.924. The lowest BCUT2D eigenvalue weighted by molar-refractivity contribution is -0.144. The summed E-state index contributed by atoms with van der Waals surface area (Å²) in [6.45, 7) is 2.01. The monoisotopic (exact) mass is 340 g/mol. The number of amides is 2. The predicted octanol–water partition coefficient (Wildman–Crippen LogP) is 3.22. The fourth-order valence-electron chi connectivity index (χ4n) is 2.14. The summed E-state index contributed by atoms with van der Waals surface area (Å²) >= 11 is 0. The van der Waals surface area contributed by atoms with E-state index in [0.717, 1.165) is 0 Å². The summed E-state index contributed by atoms with van der Waals surface area (Å²) in [4.78, 5) is 35.3. The number of carbonyl (C=O) groups excluding carboxylic acids is 3. The van der Waals surface area contributed by atoms with Crippen LogP contribution in [-0.4, -0.2) is 24.4 Å². The van der Waals surface area contributed by atoms with Crippen molar-refractivity contribution >= 4 is 29.2 Å². The lowest BCUT2D eigenvalue weighted by Gasteiger charge is -2.09. The molecule has 0 fully saturated rings. The first-order valence-electron chi connectivity index (χ1n) is 8.00. The van der Waals surface area contributed by atoms with Crippen LogP contribution in [0.25, 0.3) is 0 Å². The second-order valence-corrected chi connectivity index (χ2v) is 5.25. The van der Waals surface area contributed by atoms with E-state index in [4.69, 9.17) is 4.74 Å². The molecule has 2 N–H and O–H groups in total. The van der Waals surface area contributed by atoms with Crippen LogP contribution in [0.5, 0.6) is 0 Å². The summed E-state index contributed by atoms with van der Waals surface area (Å²) in [5, 5.41) is 5.47. The van der Waals surface area contributed by atoms with E-state index in [9.17, 15) is 14.4 Å². The Balaban J connectivity index is 1.91. The van der Waals surface area contributed by atoms with E-state index >= 15 is 0 Å². The molecule has 0 unspecified atom stereocenters. The van der Waals surface area contributed by atoms with Crippen molar-refractivity contribution in [2.24, 2.45) is 0 Å². The molecule has 0 saturated carbocycles. The van der Waals surface area contributed by atoms with Gasteiger partial charge in [0.1, 0.15) is 0 Å². The van der Waals surface area contributed by atoms with E-state index in [-0.39, 0.29) is 24.7 Å². The quantitative estimate of drug-likeness (QED) is 0.758. The number of hydrogen-bond donors (Lipinski definition) is 2. The summed E-state index contributed by atoms with van der Waals surface area (Å²) in [6.07, 6.45) is 0.0730. The predicted molar refractivity (Wildman–Crippen MR) is 95.3 cm³/mol. The fraction of sp³-hybridized carbons (Fsp3) is 0.211. The average Bonchev–Trinajstić information content (AvgIpc) is 2.61. The van der Waals surface area contributed by atoms with Crippen LogP contribution < -0.4 is 10.6 Å². The SMILES string of the molecule is CCOC(=O)CCC(=O)Nc1cccc(NC(=O)c2ccccc2)c1. The fourth-order valence-corrected chi connectivity index (χ4v) is 2.14. The van der Waals surface area contributed by atoms with Gasteiger partial charge in [0, 0.05) is 23.4 Å². The third-order valence-corrected chi connectivity index (χ3v) is 3.30. The molecule has 2 rings (SSSR count). The van der Waals surface area contributed by atoms with Crippen LogP contribution in [0.3, 0.4) is 0 Å². The van der Waals surface area contributed by atoms with Gasteiger partial charge in [-0.3, -0.25) is 14.4 Å². The molecule has 25 heavy (non-hydrogen) atoms. The molecule has 0 aromatic heterocycles. The molecule has 2 aromatic rings. The highest BCUT2D eigenvalue weighted by atomic mass is 16.5. The number of esters is 1. The number of benzene rings is 2. The zero-order valence-electron chi connectivity index (χ0n) is 14.0. The summed E-state index contributed by atoms with van der Waals surface area (Å²) < 4.78 is 4.78. The minimum Gasteiger partial charge on any atom is -0.466 e. The van der Waals surface area contributed by atoms with Crippen LogP contribution in [-0.2, 0) is 14.3 Å². The molecular formula is C19H20N2O4. The Labute approximate surface area is 146 Å². The van der Waals surface area contributed by atoms with Crippen molar-refractivity contribution < 1.29 is 19.1 Å². The van der Waals surface area contributed by atoms with Crippen LogP contribution in [0.2, 0.25) is 0 Å². The lowest BCUT2D eigenvalue weighted by atomic mass is 10.2. The molecular weight excluding hydrogens is 320 g/mol. The number of nitrogens with one attached hydrogen (secondary N) is 2. The molecule has 0 aliphatic rings. The summed E-state index contributed by atoms with van der Waals surface area (Å²) in [6, 6.07) is 15.7. The maximum atomic E-state index is 12.1. The van der Waals surface area contributed by atoms with E-state index in [1.807, 2.05) is 6.07 Å². The molecule has 2 aromatic carbocycles. The van der Waals surface area contributed by atoms with Gasteiger partial charge in [0.25, 0.3) is 5.91 Å². The lowest BCUT2D eigenvalue weighted by Crippen LogP contribution is -2.15. The number of anilines is 2. The maximum Gasteiger partial charge on any atom is 0.306 e. The zero-order valence-corrected chi connectivity index (χ0v) is 14.0. The van der Waals surface area contributed by atoms with Crippen LogP contribution in [0.15, 0.2) is 54.6 Å². The topological polar surface area (TPSA) is 84.5 Å². The van der Waals surface area contributed by atoms with Gasteiger partial charge in [0.15, 0.2) is 0 Å². The molecule has 0 spiro atoms. The minimum atomic E-state index is -0.401. The number of hydrogen-bond acceptors (Lipinski definition) is 4. The molecule has 2 amide bonds. The molecule has 130 valence electrons. The highest BCUT2D eigenvalue weighted by Gasteiger charge is 2.09. The Kier molecular flexibility index (Phi) is 6.71. The van der Waals surface area contributed by atoms with Crippen molar-refractivity contribution in [3.8, 4) is 0 Å². The van der Waals surface area contributed by atoms with Crippen molar-refractivity contribution in [1.82, 2.24) is 0 Å². The van der Waals surface area contributed by atoms with E-state index in [2.05, 4.69) is 10.6 Å². The van der Waals surface area contributed by atoms with Gasteiger partial charge in [0.05, 0.1) is 13.0 Å². The average molecular weight is 340 g/mol. The van der Waals surface area contributed by atoms with Crippen molar-refractivity contribution in [2.75, 3.05) is 17.2 Å². The number of carbonyl (C=O) groups is 3. The molecule has 0 saturated heterocycles. The first-order chi connectivity index (χ1) is 12.1. The maximum absolute atomic E-state index is 12.1. The van der Waals surface area contributed by atoms with Crippen LogP contribution in [0.4, 0.5) is 11.4 Å². The van der Waals surface area contributed by atoms with Gasteiger partial charge in [0.2, 0.25) is 5.91 Å². The zero-order chi connectivity index (χ0) is 18.1. The third-order valence-electron chi connectivity index (χ3n) is 3.30. The van der Waals surface area contributed by atoms with Crippen LogP contribution in [0, 0.1) is 0 Å². The molecule has 0 aliphatic heterocycles. The highest BCUT2D eigenvalue weighted by molar-refractivity contribution is 6.04. The van der Waals surface area contributed by atoms with E-state index in [1.165, 1.54) is 0 Å². The largest absolute Gasteiger partial charge is 0.466 e. The second-order valence-electron chi connectivity index (χ2n) is 5.25. The van der Waals surface area contributed by atoms with E-state index < -0.39 is 5.97 Å². The molecule has 6 heteroatoms. The molecule has 6 nitrogen and oxygen atoms in total. The van der Waals surface area contributed by atoms with E-state index in [1.54, 1.807) is 55.5 Å². The Morgan fingerprint density at radius 2 is 1.56 bits per heavy atom. The van der Waals surface area contributed by atoms with Crippen molar-refractivity contribution in [2.45, 2.75) is 19.8 Å². The first kappa shape index (κ1) is 18.2. The molecule has 0 heterocycles. The molecule has 0 atom stereocenters. The van der Waals surface area contributed by atoms with Crippen molar-refractivity contribution in [3.63, 3.8) is 0 Å². The van der Waals surface area contributed by atoms with Gasteiger partial charge >= 0.3 is 5.97 Å². The highest BCUT2D eigenvalue weighted by Crippen LogP contribution is 2.16. The van der Waals surface area contributed by atoms with Gasteiger partial charge < -0.3 is 15.4 Å². The number of ether oxygens (including phenoxy) is 1. The molecule has 0 radical (unpaired) electrons. The van der Waals surface area contributed by atoms with Crippen LogP contribution in [0.1, 0.15) is 30.1 Å². The second kappa shape index (κ2) is 9.22. The van der Waals surface area contributed by atoms with Gasteiger partial charge in [-0.05, 0) is 37.3 Å². The van der Waals surface area contributed by atoms with Crippen molar-refractivity contribution in [3.05, 3.63) is 60.2 Å². The van der Waals surface area contributed by atoms with Gasteiger partial charge in [-0.2, -0.15) is 0 Å². The Bertz CT molecular complexity index is 744. The summed E-state index contributed by atoms with van der Waals surface area (Å²) in [7, 11) is 0. The van der Waals surface area contributed by atoms with E-state index in [0.29, 0.717) is 23.5 Å². The minimum absolute atomic E-state index is 0.0319. The third kappa shape index (κ3) is 6.10. The van der Waals surface area contributed by atoms with Crippen LogP contribution >= 0.6 is 0 Å².